The third-order valence-electron chi connectivity index (χ3n) is 5.13. The van der Waals surface area contributed by atoms with Gasteiger partial charge in [0.1, 0.15) is 5.82 Å². The molecule has 0 radical (unpaired) electrons. The summed E-state index contributed by atoms with van der Waals surface area (Å²) < 4.78 is 15.7. The van der Waals surface area contributed by atoms with Crippen LogP contribution < -0.4 is 5.32 Å². The van der Waals surface area contributed by atoms with Crippen LogP contribution >= 0.6 is 0 Å². The molecule has 1 aliphatic heterocycles. The van der Waals surface area contributed by atoms with E-state index >= 15 is 0 Å². The highest BCUT2D eigenvalue weighted by Gasteiger charge is 2.30. The van der Waals surface area contributed by atoms with Crippen LogP contribution in [0.4, 0.5) is 10.3 Å². The Kier molecular flexibility index (Phi) is 3.49. The molecule has 1 N–H and O–H groups in total. The van der Waals surface area contributed by atoms with Crippen LogP contribution in [-0.2, 0) is 0 Å². The second-order valence-electron chi connectivity index (χ2n) is 6.70. The summed E-state index contributed by atoms with van der Waals surface area (Å²) >= 11 is 0. The number of imidazole rings is 1. The number of rotatable bonds is 2. The third-order valence-corrected chi connectivity index (χ3v) is 5.13. The number of benzene rings is 3. The Morgan fingerprint density at radius 2 is 1.58 bits per heavy atom. The van der Waals surface area contributed by atoms with Gasteiger partial charge in [-0.25, -0.2) is 9.37 Å². The number of hydrogen-bond donors (Lipinski definition) is 1. The van der Waals surface area contributed by atoms with Crippen LogP contribution in [0.5, 0.6) is 0 Å². The van der Waals surface area contributed by atoms with Gasteiger partial charge in [0.15, 0.2) is 0 Å². The lowest BCUT2D eigenvalue weighted by Gasteiger charge is -2.33. The summed E-state index contributed by atoms with van der Waals surface area (Å²) in [6.45, 7) is 0. The van der Waals surface area contributed by atoms with Gasteiger partial charge >= 0.3 is 0 Å². The molecule has 3 nitrogen and oxygen atoms in total. The van der Waals surface area contributed by atoms with Crippen LogP contribution in [0.1, 0.15) is 29.6 Å². The van der Waals surface area contributed by atoms with Crippen molar-refractivity contribution >= 4 is 17.0 Å². The molecule has 3 aromatic carbocycles. The highest BCUT2D eigenvalue weighted by Crippen LogP contribution is 2.40. The molecule has 2 unspecified atom stereocenters. The predicted molar refractivity (Wildman–Crippen MR) is 102 cm³/mol. The molecule has 0 saturated carbocycles. The zero-order valence-electron chi connectivity index (χ0n) is 14.1. The van der Waals surface area contributed by atoms with E-state index in [2.05, 4.69) is 40.2 Å². The number of hydrogen-bond acceptors (Lipinski definition) is 2. The fraction of sp³-hybridized carbons (Fsp3) is 0.136. The van der Waals surface area contributed by atoms with Crippen molar-refractivity contribution in [2.24, 2.45) is 0 Å². The molecule has 4 heteroatoms. The Morgan fingerprint density at radius 3 is 2.38 bits per heavy atom. The van der Waals surface area contributed by atoms with Crippen molar-refractivity contribution < 1.29 is 4.39 Å². The van der Waals surface area contributed by atoms with Gasteiger partial charge < -0.3 is 9.88 Å². The smallest absolute Gasteiger partial charge is 0.204 e. The predicted octanol–water partition coefficient (Wildman–Crippen LogP) is 5.32. The van der Waals surface area contributed by atoms with Gasteiger partial charge in [-0.2, -0.15) is 0 Å². The summed E-state index contributed by atoms with van der Waals surface area (Å²) in [6, 6.07) is 25.7. The SMILES string of the molecule is Fc1ccc(C2CC(c3ccccc3)Nc3nc4ccccc4n32)cc1. The highest BCUT2D eigenvalue weighted by molar-refractivity contribution is 5.79. The van der Waals surface area contributed by atoms with Gasteiger partial charge in [0.05, 0.1) is 23.1 Å². The van der Waals surface area contributed by atoms with Crippen LogP contribution in [0.15, 0.2) is 78.9 Å². The number of nitrogens with one attached hydrogen (secondary N) is 1. The monoisotopic (exact) mass is 343 g/mol. The first-order valence-corrected chi connectivity index (χ1v) is 8.83. The van der Waals surface area contributed by atoms with E-state index in [1.54, 1.807) is 0 Å². The molecule has 0 aliphatic carbocycles. The number of nitrogens with zero attached hydrogens (tertiary/aromatic N) is 2. The number of para-hydroxylation sites is 2. The highest BCUT2D eigenvalue weighted by atomic mass is 19.1. The Bertz CT molecular complexity index is 1050. The molecule has 4 aromatic rings. The van der Waals surface area contributed by atoms with Gasteiger partial charge in [-0.3, -0.25) is 0 Å². The topological polar surface area (TPSA) is 29.9 Å². The van der Waals surface area contributed by atoms with Crippen molar-refractivity contribution in [3.63, 3.8) is 0 Å². The summed E-state index contributed by atoms with van der Waals surface area (Å²) in [5, 5.41) is 3.59. The second kappa shape index (κ2) is 5.99. The molecule has 2 heterocycles. The van der Waals surface area contributed by atoms with E-state index in [0.29, 0.717) is 0 Å². The van der Waals surface area contributed by atoms with E-state index in [9.17, 15) is 4.39 Å². The largest absolute Gasteiger partial charge is 0.349 e. The van der Waals surface area contributed by atoms with Gasteiger partial charge in [-0.15, -0.1) is 0 Å². The van der Waals surface area contributed by atoms with Crippen molar-refractivity contribution in [3.05, 3.63) is 95.8 Å². The summed E-state index contributed by atoms with van der Waals surface area (Å²) in [7, 11) is 0. The summed E-state index contributed by atoms with van der Waals surface area (Å²) in [4.78, 5) is 4.80. The summed E-state index contributed by atoms with van der Waals surface area (Å²) in [6.07, 6.45) is 0.878. The normalized spacial score (nSPS) is 19.1. The third kappa shape index (κ3) is 2.46. The maximum atomic E-state index is 13.5. The average molecular weight is 343 g/mol. The quantitative estimate of drug-likeness (QED) is 0.534. The molecular formula is C22H18FN3. The average Bonchev–Trinajstić information content (AvgIpc) is 3.07. The molecule has 0 bridgehead atoms. The van der Waals surface area contributed by atoms with Crippen LogP contribution in [0.3, 0.4) is 0 Å². The van der Waals surface area contributed by atoms with Gasteiger partial charge in [0.25, 0.3) is 0 Å². The standard InChI is InChI=1S/C22H18FN3/c23-17-12-10-16(11-13-17)21-14-19(15-6-2-1-3-7-15)25-22-24-18-8-4-5-9-20(18)26(21)22/h1-13,19,21H,14H2,(H,24,25). The van der Waals surface area contributed by atoms with Gasteiger partial charge in [0.2, 0.25) is 5.95 Å². The zero-order valence-corrected chi connectivity index (χ0v) is 14.1. The molecule has 0 spiro atoms. The lowest BCUT2D eigenvalue weighted by atomic mass is 9.93. The van der Waals surface area contributed by atoms with Crippen molar-refractivity contribution in [2.45, 2.75) is 18.5 Å². The molecule has 2 atom stereocenters. The van der Waals surface area contributed by atoms with Crippen molar-refractivity contribution in [2.75, 3.05) is 5.32 Å². The van der Waals surface area contributed by atoms with Crippen molar-refractivity contribution in [1.29, 1.82) is 0 Å². The Hall–Kier alpha value is -3.14. The van der Waals surface area contributed by atoms with Crippen LogP contribution in [0.2, 0.25) is 0 Å². The minimum atomic E-state index is -0.210. The van der Waals surface area contributed by atoms with Gasteiger partial charge in [-0.05, 0) is 41.8 Å². The molecule has 5 rings (SSSR count). The fourth-order valence-electron chi connectivity index (χ4n) is 3.88. The van der Waals surface area contributed by atoms with Gasteiger partial charge in [0, 0.05) is 0 Å². The molecule has 0 fully saturated rings. The van der Waals surface area contributed by atoms with Crippen molar-refractivity contribution in [1.82, 2.24) is 9.55 Å². The molecular weight excluding hydrogens is 325 g/mol. The first-order chi connectivity index (χ1) is 12.8. The molecule has 1 aliphatic rings. The second-order valence-corrected chi connectivity index (χ2v) is 6.70. The summed E-state index contributed by atoms with van der Waals surface area (Å²) in [5.74, 6) is 0.652. The molecule has 1 aromatic heterocycles. The number of fused-ring (bicyclic) bond motifs is 3. The summed E-state index contributed by atoms with van der Waals surface area (Å²) in [5.41, 5.74) is 4.39. The van der Waals surface area contributed by atoms with Crippen LogP contribution in [-0.4, -0.2) is 9.55 Å². The minimum Gasteiger partial charge on any atom is -0.349 e. The first-order valence-electron chi connectivity index (χ1n) is 8.83. The molecule has 0 amide bonds. The van der Waals surface area contributed by atoms with Gasteiger partial charge in [-0.1, -0.05) is 54.6 Å². The Morgan fingerprint density at radius 1 is 0.846 bits per heavy atom. The lowest BCUT2D eigenvalue weighted by Crippen LogP contribution is -2.27. The number of halogens is 1. The molecule has 128 valence electrons. The number of aromatic nitrogens is 2. The Balaban J connectivity index is 1.67. The fourth-order valence-corrected chi connectivity index (χ4v) is 3.88. The van der Waals surface area contributed by atoms with E-state index in [-0.39, 0.29) is 17.9 Å². The van der Waals surface area contributed by atoms with E-state index in [0.717, 1.165) is 29.0 Å². The van der Waals surface area contributed by atoms with E-state index in [1.807, 2.05) is 36.4 Å². The zero-order chi connectivity index (χ0) is 17.5. The Labute approximate surface area is 151 Å². The van der Waals surface area contributed by atoms with E-state index in [1.165, 1.54) is 17.7 Å². The van der Waals surface area contributed by atoms with E-state index in [4.69, 9.17) is 4.98 Å². The van der Waals surface area contributed by atoms with Crippen LogP contribution in [0, 0.1) is 5.82 Å². The van der Waals surface area contributed by atoms with Crippen molar-refractivity contribution in [3.8, 4) is 0 Å². The minimum absolute atomic E-state index is 0.101. The maximum Gasteiger partial charge on any atom is 0.204 e. The number of anilines is 1. The maximum absolute atomic E-state index is 13.5. The molecule has 0 saturated heterocycles. The van der Waals surface area contributed by atoms with E-state index < -0.39 is 0 Å². The molecule has 26 heavy (non-hydrogen) atoms. The lowest BCUT2D eigenvalue weighted by molar-refractivity contribution is 0.476. The first kappa shape index (κ1) is 15.1. The van der Waals surface area contributed by atoms with Crippen LogP contribution in [0.25, 0.3) is 11.0 Å².